The molecule has 4 rings (SSSR count). The molecular weight excluding hydrogens is 357 g/mol. The molecule has 1 aliphatic heterocycles. The SMILES string of the molecule is COc1cc(F)c2c(N3CCc4cc(N[SH](=O)=O)ccc43)ccnc2c1. The van der Waals surface area contributed by atoms with Crippen molar-refractivity contribution in [1.29, 1.82) is 0 Å². The van der Waals surface area contributed by atoms with Gasteiger partial charge in [0.1, 0.15) is 11.6 Å². The summed E-state index contributed by atoms with van der Waals surface area (Å²) >= 11 is 0. The average Bonchev–Trinajstić information content (AvgIpc) is 3.03. The number of hydrogen-bond donors (Lipinski definition) is 2. The number of nitrogens with one attached hydrogen (secondary N) is 1. The van der Waals surface area contributed by atoms with Gasteiger partial charge in [0.05, 0.1) is 23.7 Å². The molecule has 3 aromatic rings. The van der Waals surface area contributed by atoms with E-state index in [1.54, 1.807) is 24.4 Å². The van der Waals surface area contributed by atoms with Gasteiger partial charge in [0.25, 0.3) is 0 Å². The Morgan fingerprint density at radius 2 is 2.04 bits per heavy atom. The normalized spacial score (nSPS) is 13.3. The number of pyridine rings is 1. The molecule has 1 aliphatic rings. The van der Waals surface area contributed by atoms with Gasteiger partial charge in [-0.05, 0) is 36.2 Å². The van der Waals surface area contributed by atoms with Gasteiger partial charge in [-0.2, -0.15) is 0 Å². The van der Waals surface area contributed by atoms with E-state index in [1.807, 2.05) is 17.0 Å². The maximum absolute atomic E-state index is 14.7. The van der Waals surface area contributed by atoms with Crippen LogP contribution in [0, 0.1) is 5.82 Å². The Morgan fingerprint density at radius 3 is 2.81 bits per heavy atom. The van der Waals surface area contributed by atoms with Gasteiger partial charge in [-0.1, -0.05) is 0 Å². The molecule has 1 aromatic heterocycles. The molecule has 0 fully saturated rings. The largest absolute Gasteiger partial charge is 0.497 e. The Balaban J connectivity index is 1.81. The minimum atomic E-state index is -2.70. The lowest BCUT2D eigenvalue weighted by molar-refractivity contribution is 0.412. The number of anilines is 3. The first kappa shape index (κ1) is 16.6. The fraction of sp³-hybridized carbons (Fsp3) is 0.167. The highest BCUT2D eigenvalue weighted by Crippen LogP contribution is 2.40. The predicted molar refractivity (Wildman–Crippen MR) is 99.3 cm³/mol. The quantitative estimate of drug-likeness (QED) is 0.688. The lowest BCUT2D eigenvalue weighted by Gasteiger charge is -2.22. The number of nitrogens with zero attached hydrogens (tertiary/aromatic N) is 2. The van der Waals surface area contributed by atoms with E-state index >= 15 is 0 Å². The van der Waals surface area contributed by atoms with Crippen molar-refractivity contribution in [3.8, 4) is 5.75 Å². The second-order valence-electron chi connectivity index (χ2n) is 5.95. The molecule has 0 amide bonds. The van der Waals surface area contributed by atoms with Crippen molar-refractivity contribution in [1.82, 2.24) is 4.98 Å². The van der Waals surface area contributed by atoms with Crippen LogP contribution >= 0.6 is 0 Å². The summed E-state index contributed by atoms with van der Waals surface area (Å²) in [6.45, 7) is 0.673. The van der Waals surface area contributed by atoms with E-state index in [-0.39, 0.29) is 0 Å². The summed E-state index contributed by atoms with van der Waals surface area (Å²) in [5.41, 5.74) is 3.71. The highest BCUT2D eigenvalue weighted by molar-refractivity contribution is 7.73. The maximum Gasteiger partial charge on any atom is 0.222 e. The van der Waals surface area contributed by atoms with Gasteiger partial charge in [0.2, 0.25) is 10.9 Å². The van der Waals surface area contributed by atoms with Crippen molar-refractivity contribution in [2.75, 3.05) is 23.3 Å². The molecule has 0 aliphatic carbocycles. The smallest absolute Gasteiger partial charge is 0.222 e. The van der Waals surface area contributed by atoms with Crippen LogP contribution in [0.25, 0.3) is 10.9 Å². The molecule has 6 nitrogen and oxygen atoms in total. The van der Waals surface area contributed by atoms with Crippen LogP contribution in [0.5, 0.6) is 5.75 Å². The van der Waals surface area contributed by atoms with E-state index < -0.39 is 16.7 Å². The van der Waals surface area contributed by atoms with Crippen molar-refractivity contribution in [2.45, 2.75) is 6.42 Å². The summed E-state index contributed by atoms with van der Waals surface area (Å²) in [6.07, 6.45) is 2.38. The Morgan fingerprint density at radius 1 is 1.19 bits per heavy atom. The molecule has 0 bridgehead atoms. The standard InChI is InChI=1S/C18H16FN3O3S/c1-25-13-9-14(19)18-15(10-13)20-6-4-17(18)22-7-5-11-8-12(21-26(23)24)2-3-16(11)22/h2-4,6,8-10,26H,5,7H2,1H3,(H,21,23,24). The molecule has 134 valence electrons. The van der Waals surface area contributed by atoms with E-state index in [0.717, 1.165) is 23.4 Å². The summed E-state index contributed by atoms with van der Waals surface area (Å²) in [7, 11) is -1.22. The molecule has 2 heterocycles. The first-order chi connectivity index (χ1) is 12.6. The number of methoxy groups -OCH3 is 1. The maximum atomic E-state index is 14.7. The van der Waals surface area contributed by atoms with Crippen molar-refractivity contribution in [3.63, 3.8) is 0 Å². The fourth-order valence-electron chi connectivity index (χ4n) is 3.36. The molecule has 0 unspecified atom stereocenters. The molecule has 0 saturated carbocycles. The van der Waals surface area contributed by atoms with Gasteiger partial charge < -0.3 is 9.64 Å². The van der Waals surface area contributed by atoms with Gasteiger partial charge in [0, 0.05) is 36.2 Å². The Bertz CT molecular complexity index is 1080. The lowest BCUT2D eigenvalue weighted by Crippen LogP contribution is -2.14. The number of thiol groups is 1. The summed E-state index contributed by atoms with van der Waals surface area (Å²) in [5, 5.41) is 0.436. The number of aromatic nitrogens is 1. The Labute approximate surface area is 151 Å². The summed E-state index contributed by atoms with van der Waals surface area (Å²) in [4.78, 5) is 6.29. The van der Waals surface area contributed by atoms with Crippen LogP contribution in [0.3, 0.4) is 0 Å². The summed E-state index contributed by atoms with van der Waals surface area (Å²) in [6, 6.07) is 10.2. The number of fused-ring (bicyclic) bond motifs is 2. The highest BCUT2D eigenvalue weighted by atomic mass is 32.2. The van der Waals surface area contributed by atoms with E-state index in [4.69, 9.17) is 4.74 Å². The van der Waals surface area contributed by atoms with Crippen LogP contribution in [0.2, 0.25) is 0 Å². The van der Waals surface area contributed by atoms with Crippen LogP contribution in [-0.4, -0.2) is 27.1 Å². The second kappa shape index (κ2) is 6.45. The minimum Gasteiger partial charge on any atom is -0.497 e. The minimum absolute atomic E-state index is 0.391. The average molecular weight is 373 g/mol. The number of rotatable bonds is 4. The molecule has 2 aromatic carbocycles. The molecule has 26 heavy (non-hydrogen) atoms. The molecule has 0 radical (unpaired) electrons. The number of ether oxygens (including phenoxy) is 1. The monoisotopic (exact) mass is 373 g/mol. The third-order valence-corrected chi connectivity index (χ3v) is 4.91. The zero-order chi connectivity index (χ0) is 18.3. The first-order valence-corrected chi connectivity index (χ1v) is 9.18. The van der Waals surface area contributed by atoms with E-state index in [1.165, 1.54) is 13.2 Å². The Kier molecular flexibility index (Phi) is 4.12. The molecule has 0 atom stereocenters. The predicted octanol–water partition coefficient (Wildman–Crippen LogP) is 3.02. The highest BCUT2D eigenvalue weighted by Gasteiger charge is 2.24. The Hall–Kier alpha value is -2.87. The third kappa shape index (κ3) is 2.82. The van der Waals surface area contributed by atoms with Gasteiger partial charge in [-0.15, -0.1) is 0 Å². The van der Waals surface area contributed by atoms with Crippen LogP contribution < -0.4 is 14.4 Å². The van der Waals surface area contributed by atoms with Crippen LogP contribution in [0.15, 0.2) is 42.6 Å². The van der Waals surface area contributed by atoms with Crippen molar-refractivity contribution >= 4 is 38.9 Å². The molecule has 8 heteroatoms. The van der Waals surface area contributed by atoms with E-state index in [0.29, 0.717) is 28.9 Å². The number of halogens is 1. The van der Waals surface area contributed by atoms with Gasteiger partial charge in [-0.3, -0.25) is 9.71 Å². The van der Waals surface area contributed by atoms with Crippen LogP contribution in [0.1, 0.15) is 5.56 Å². The number of benzene rings is 2. The van der Waals surface area contributed by atoms with Gasteiger partial charge in [0.15, 0.2) is 0 Å². The lowest BCUT2D eigenvalue weighted by atomic mass is 10.1. The van der Waals surface area contributed by atoms with Crippen molar-refractivity contribution < 1.29 is 17.5 Å². The second-order valence-corrected chi connectivity index (χ2v) is 6.69. The van der Waals surface area contributed by atoms with Gasteiger partial charge in [-0.25, -0.2) is 12.8 Å². The topological polar surface area (TPSA) is 71.5 Å². The summed E-state index contributed by atoms with van der Waals surface area (Å²) < 4.78 is 43.9. The first-order valence-electron chi connectivity index (χ1n) is 8.00. The van der Waals surface area contributed by atoms with E-state index in [9.17, 15) is 12.8 Å². The number of hydrogen-bond acceptors (Lipinski definition) is 5. The zero-order valence-electron chi connectivity index (χ0n) is 13.9. The third-order valence-electron chi connectivity index (χ3n) is 4.47. The van der Waals surface area contributed by atoms with E-state index in [2.05, 4.69) is 9.71 Å². The van der Waals surface area contributed by atoms with Crippen molar-refractivity contribution in [3.05, 3.63) is 54.0 Å². The summed E-state index contributed by atoms with van der Waals surface area (Å²) in [5.74, 6) is 0.0291. The zero-order valence-corrected chi connectivity index (χ0v) is 14.8. The molecular formula is C18H16FN3O3S. The van der Waals surface area contributed by atoms with Crippen LogP contribution in [-0.2, 0) is 17.3 Å². The molecule has 0 saturated heterocycles. The molecule has 0 spiro atoms. The van der Waals surface area contributed by atoms with Crippen LogP contribution in [0.4, 0.5) is 21.5 Å². The molecule has 1 N–H and O–H groups in total. The van der Waals surface area contributed by atoms with Gasteiger partial charge >= 0.3 is 0 Å². The van der Waals surface area contributed by atoms with Crippen molar-refractivity contribution in [2.24, 2.45) is 0 Å². The fourth-order valence-corrected chi connectivity index (χ4v) is 3.71.